The molecule has 0 radical (unpaired) electrons. The molecule has 0 saturated carbocycles. The van der Waals surface area contributed by atoms with E-state index >= 15 is 0 Å². The maximum absolute atomic E-state index is 11.7. The van der Waals surface area contributed by atoms with Gasteiger partial charge in [0.2, 0.25) is 0 Å². The number of aromatic nitrogens is 2. The molecule has 2 rings (SSSR count). The number of imidazole rings is 1. The number of carbonyl (C=O) groups excluding carboxylic acids is 2. The maximum Gasteiger partial charge on any atom is 0.313 e. The summed E-state index contributed by atoms with van der Waals surface area (Å²) in [5.41, 5.74) is 1.56. The molecule has 0 aliphatic carbocycles. The summed E-state index contributed by atoms with van der Waals surface area (Å²) in [6.07, 6.45) is 6.01. The van der Waals surface area contributed by atoms with E-state index in [1.807, 2.05) is 35.9 Å². The first kappa shape index (κ1) is 14.8. The molecule has 0 atom stereocenters. The lowest BCUT2D eigenvalue weighted by Crippen LogP contribution is -2.36. The van der Waals surface area contributed by atoms with Gasteiger partial charge in [0.15, 0.2) is 0 Å². The van der Waals surface area contributed by atoms with Gasteiger partial charge < -0.3 is 15.2 Å². The monoisotopic (exact) mass is 286 g/mol. The fraction of sp³-hybridized carbons (Fsp3) is 0.267. The molecule has 21 heavy (non-hydrogen) atoms. The third kappa shape index (κ3) is 4.45. The van der Waals surface area contributed by atoms with Crippen molar-refractivity contribution in [2.24, 2.45) is 0 Å². The van der Waals surface area contributed by atoms with Crippen LogP contribution in [0, 0.1) is 6.92 Å². The highest BCUT2D eigenvalue weighted by Gasteiger charge is 2.13. The van der Waals surface area contributed by atoms with Crippen molar-refractivity contribution in [3.63, 3.8) is 0 Å². The number of hydrogen-bond donors (Lipinski definition) is 2. The minimum absolute atomic E-state index is 0.443. The Kier molecular flexibility index (Phi) is 5.09. The molecule has 0 aliphatic heterocycles. The zero-order valence-electron chi connectivity index (χ0n) is 11.9. The number of carbonyl (C=O) groups is 2. The number of amides is 2. The maximum atomic E-state index is 11.7. The molecule has 1 heterocycles. The van der Waals surface area contributed by atoms with Crippen molar-refractivity contribution in [3.8, 4) is 0 Å². The number of benzene rings is 1. The minimum atomic E-state index is -0.646. The number of hydrogen-bond acceptors (Lipinski definition) is 3. The number of para-hydroxylation sites is 1. The second-order valence-electron chi connectivity index (χ2n) is 4.68. The fourth-order valence-electron chi connectivity index (χ4n) is 1.86. The van der Waals surface area contributed by atoms with E-state index in [1.165, 1.54) is 0 Å². The van der Waals surface area contributed by atoms with Crippen LogP contribution in [-0.2, 0) is 16.1 Å². The Labute approximate surface area is 123 Å². The molecular formula is C15H18N4O2. The van der Waals surface area contributed by atoms with E-state index in [4.69, 9.17) is 0 Å². The molecule has 2 N–H and O–H groups in total. The Bertz CT molecular complexity index is 608. The molecular weight excluding hydrogens is 268 g/mol. The minimum Gasteiger partial charge on any atom is -0.348 e. The van der Waals surface area contributed by atoms with Gasteiger partial charge in [-0.3, -0.25) is 9.59 Å². The van der Waals surface area contributed by atoms with E-state index in [2.05, 4.69) is 15.6 Å². The molecule has 1 aromatic carbocycles. The molecule has 0 unspecified atom stereocenters. The van der Waals surface area contributed by atoms with Crippen molar-refractivity contribution in [3.05, 3.63) is 48.5 Å². The van der Waals surface area contributed by atoms with Gasteiger partial charge in [0.25, 0.3) is 0 Å². The lowest BCUT2D eigenvalue weighted by atomic mass is 10.2. The van der Waals surface area contributed by atoms with Crippen LogP contribution in [-0.4, -0.2) is 27.9 Å². The highest BCUT2D eigenvalue weighted by molar-refractivity contribution is 6.39. The highest BCUT2D eigenvalue weighted by Crippen LogP contribution is 2.12. The third-order valence-electron chi connectivity index (χ3n) is 3.04. The second kappa shape index (κ2) is 7.23. The second-order valence-corrected chi connectivity index (χ2v) is 4.68. The molecule has 1 aromatic heterocycles. The zero-order chi connectivity index (χ0) is 15.1. The Morgan fingerprint density at radius 2 is 2.05 bits per heavy atom. The van der Waals surface area contributed by atoms with Gasteiger partial charge in [-0.15, -0.1) is 0 Å². The van der Waals surface area contributed by atoms with Crippen molar-refractivity contribution in [1.29, 1.82) is 0 Å². The van der Waals surface area contributed by atoms with Crippen LogP contribution in [0.5, 0.6) is 0 Å². The molecule has 0 saturated heterocycles. The third-order valence-corrected chi connectivity index (χ3v) is 3.04. The lowest BCUT2D eigenvalue weighted by Gasteiger charge is -2.08. The summed E-state index contributed by atoms with van der Waals surface area (Å²) >= 11 is 0. The van der Waals surface area contributed by atoms with E-state index in [0.717, 1.165) is 18.5 Å². The Balaban J connectivity index is 1.73. The van der Waals surface area contributed by atoms with Crippen LogP contribution < -0.4 is 10.6 Å². The Morgan fingerprint density at radius 3 is 2.76 bits per heavy atom. The number of nitrogens with zero attached hydrogens (tertiary/aromatic N) is 2. The van der Waals surface area contributed by atoms with Gasteiger partial charge in [0, 0.05) is 31.2 Å². The zero-order valence-corrected chi connectivity index (χ0v) is 11.9. The van der Waals surface area contributed by atoms with E-state index in [9.17, 15) is 9.59 Å². The van der Waals surface area contributed by atoms with Gasteiger partial charge in [-0.05, 0) is 25.0 Å². The normalized spacial score (nSPS) is 10.1. The summed E-state index contributed by atoms with van der Waals surface area (Å²) < 4.78 is 1.92. The summed E-state index contributed by atoms with van der Waals surface area (Å²) in [5.74, 6) is -1.27. The number of rotatable bonds is 5. The Hall–Kier alpha value is -2.63. The summed E-state index contributed by atoms with van der Waals surface area (Å²) in [6.45, 7) is 3.07. The van der Waals surface area contributed by atoms with Crippen molar-refractivity contribution in [2.45, 2.75) is 19.9 Å². The van der Waals surface area contributed by atoms with E-state index in [0.29, 0.717) is 12.2 Å². The predicted octanol–water partition coefficient (Wildman–Crippen LogP) is 1.34. The van der Waals surface area contributed by atoms with Crippen LogP contribution in [0.3, 0.4) is 0 Å². The highest BCUT2D eigenvalue weighted by atomic mass is 16.2. The topological polar surface area (TPSA) is 76.0 Å². The number of aryl methyl sites for hydroxylation is 2. The Morgan fingerprint density at radius 1 is 1.24 bits per heavy atom. The predicted molar refractivity (Wildman–Crippen MR) is 79.7 cm³/mol. The standard InChI is InChI=1S/C15H18N4O2/c1-12-5-2-3-6-13(12)18-15(21)14(20)17-7-4-9-19-10-8-16-11-19/h2-3,5-6,8,10-11H,4,7,9H2,1H3,(H,17,20)(H,18,21). The molecule has 0 spiro atoms. The van der Waals surface area contributed by atoms with Crippen LogP contribution in [0.4, 0.5) is 5.69 Å². The van der Waals surface area contributed by atoms with Gasteiger partial charge in [0.1, 0.15) is 0 Å². The van der Waals surface area contributed by atoms with E-state index in [-0.39, 0.29) is 0 Å². The van der Waals surface area contributed by atoms with Gasteiger partial charge in [-0.2, -0.15) is 0 Å². The van der Waals surface area contributed by atoms with Crippen LogP contribution in [0.15, 0.2) is 43.0 Å². The summed E-state index contributed by atoms with van der Waals surface area (Å²) in [6, 6.07) is 7.32. The molecule has 0 bridgehead atoms. The average Bonchev–Trinajstić information content (AvgIpc) is 2.99. The van der Waals surface area contributed by atoms with Crippen molar-refractivity contribution in [2.75, 3.05) is 11.9 Å². The molecule has 0 fully saturated rings. The van der Waals surface area contributed by atoms with Gasteiger partial charge in [0.05, 0.1) is 6.33 Å². The smallest absolute Gasteiger partial charge is 0.313 e. The van der Waals surface area contributed by atoms with Crippen LogP contribution >= 0.6 is 0 Å². The van der Waals surface area contributed by atoms with E-state index < -0.39 is 11.8 Å². The largest absolute Gasteiger partial charge is 0.348 e. The summed E-state index contributed by atoms with van der Waals surface area (Å²) in [4.78, 5) is 27.4. The average molecular weight is 286 g/mol. The molecule has 0 aliphatic rings. The summed E-state index contributed by atoms with van der Waals surface area (Å²) in [5, 5.41) is 5.20. The first-order valence-electron chi connectivity index (χ1n) is 6.77. The lowest BCUT2D eigenvalue weighted by molar-refractivity contribution is -0.136. The molecule has 6 nitrogen and oxygen atoms in total. The SMILES string of the molecule is Cc1ccccc1NC(=O)C(=O)NCCCn1ccnc1. The molecule has 2 amide bonds. The number of nitrogens with one attached hydrogen (secondary N) is 2. The van der Waals surface area contributed by atoms with Gasteiger partial charge in [-0.1, -0.05) is 18.2 Å². The fourth-order valence-corrected chi connectivity index (χ4v) is 1.86. The molecule has 2 aromatic rings. The van der Waals surface area contributed by atoms with Crippen LogP contribution in [0.25, 0.3) is 0 Å². The molecule has 6 heteroatoms. The van der Waals surface area contributed by atoms with E-state index in [1.54, 1.807) is 18.6 Å². The van der Waals surface area contributed by atoms with Crippen molar-refractivity contribution < 1.29 is 9.59 Å². The first-order valence-corrected chi connectivity index (χ1v) is 6.77. The van der Waals surface area contributed by atoms with Crippen molar-refractivity contribution >= 4 is 17.5 Å². The first-order chi connectivity index (χ1) is 10.2. The van der Waals surface area contributed by atoms with Gasteiger partial charge >= 0.3 is 11.8 Å². The van der Waals surface area contributed by atoms with Crippen LogP contribution in [0.2, 0.25) is 0 Å². The molecule has 110 valence electrons. The van der Waals surface area contributed by atoms with Crippen molar-refractivity contribution in [1.82, 2.24) is 14.9 Å². The van der Waals surface area contributed by atoms with Gasteiger partial charge in [-0.25, -0.2) is 4.98 Å². The number of anilines is 1. The summed E-state index contributed by atoms with van der Waals surface area (Å²) in [7, 11) is 0. The van der Waals surface area contributed by atoms with Crippen LogP contribution in [0.1, 0.15) is 12.0 Å². The quantitative estimate of drug-likeness (QED) is 0.643.